The third-order valence-corrected chi connectivity index (χ3v) is 5.66. The summed E-state index contributed by atoms with van der Waals surface area (Å²) in [6.07, 6.45) is 3.66. The van der Waals surface area contributed by atoms with Gasteiger partial charge in [-0.15, -0.1) is 0 Å². The molecule has 0 radical (unpaired) electrons. The van der Waals surface area contributed by atoms with Crippen molar-refractivity contribution in [3.8, 4) is 5.75 Å². The first kappa shape index (κ1) is 18.5. The number of rotatable bonds is 6. The van der Waals surface area contributed by atoms with E-state index in [2.05, 4.69) is 35.6 Å². The molecule has 4 rings (SSSR count). The molecule has 1 aliphatic carbocycles. The van der Waals surface area contributed by atoms with E-state index in [1.54, 1.807) is 0 Å². The van der Waals surface area contributed by atoms with Gasteiger partial charge in [-0.05, 0) is 60.7 Å². The largest absolute Gasteiger partial charge is 0.480 e. The number of fused-ring (bicyclic) bond motifs is 2. The van der Waals surface area contributed by atoms with E-state index in [1.165, 1.54) is 24.0 Å². The molecule has 3 nitrogen and oxygen atoms in total. The highest BCUT2D eigenvalue weighted by atomic mass is 16.5. The lowest BCUT2D eigenvalue weighted by Crippen LogP contribution is -2.39. The predicted octanol–water partition coefficient (Wildman–Crippen LogP) is 5.36. The fourth-order valence-corrected chi connectivity index (χ4v) is 4.02. The number of benzene rings is 3. The summed E-state index contributed by atoms with van der Waals surface area (Å²) in [4.78, 5) is 12.9. The average Bonchev–Trinajstić information content (AvgIpc) is 3.19. The maximum absolute atomic E-state index is 12.9. The number of ether oxygens (including phenoxy) is 1. The summed E-state index contributed by atoms with van der Waals surface area (Å²) in [5.41, 5.74) is 4.04. The smallest absolute Gasteiger partial charge is 0.261 e. The van der Waals surface area contributed by atoms with E-state index in [0.29, 0.717) is 6.42 Å². The number of amides is 1. The van der Waals surface area contributed by atoms with Crippen LogP contribution in [0.1, 0.15) is 49.4 Å². The summed E-state index contributed by atoms with van der Waals surface area (Å²) in [7, 11) is 0. The SMILES string of the molecule is CCC(Oc1cccc2ccccc12)C(=O)NC(C)c1ccc2c(c1)CCC2. The summed E-state index contributed by atoms with van der Waals surface area (Å²) in [6, 6.07) is 20.6. The molecule has 0 aliphatic heterocycles. The number of hydrogen-bond donors (Lipinski definition) is 1. The van der Waals surface area contributed by atoms with Gasteiger partial charge in [0.25, 0.3) is 5.91 Å². The maximum atomic E-state index is 12.9. The molecule has 0 spiro atoms. The van der Waals surface area contributed by atoms with Gasteiger partial charge in [-0.1, -0.05) is 61.5 Å². The van der Waals surface area contributed by atoms with Crippen molar-refractivity contribution >= 4 is 16.7 Å². The van der Waals surface area contributed by atoms with Crippen LogP contribution < -0.4 is 10.1 Å². The second-order valence-corrected chi connectivity index (χ2v) is 7.60. The van der Waals surface area contributed by atoms with Gasteiger partial charge in [0.15, 0.2) is 6.10 Å². The van der Waals surface area contributed by atoms with Gasteiger partial charge >= 0.3 is 0 Å². The average molecular weight is 373 g/mol. The number of carbonyl (C=O) groups excluding carboxylic acids is 1. The number of hydrogen-bond acceptors (Lipinski definition) is 2. The first-order chi connectivity index (χ1) is 13.7. The van der Waals surface area contributed by atoms with Crippen LogP contribution in [-0.2, 0) is 17.6 Å². The van der Waals surface area contributed by atoms with Gasteiger partial charge in [-0.2, -0.15) is 0 Å². The lowest BCUT2D eigenvalue weighted by Gasteiger charge is -2.22. The zero-order valence-corrected chi connectivity index (χ0v) is 16.6. The van der Waals surface area contributed by atoms with Crippen LogP contribution in [0.4, 0.5) is 0 Å². The second kappa shape index (κ2) is 8.05. The van der Waals surface area contributed by atoms with Crippen molar-refractivity contribution in [1.29, 1.82) is 0 Å². The Hall–Kier alpha value is -2.81. The van der Waals surface area contributed by atoms with Crippen LogP contribution >= 0.6 is 0 Å². The van der Waals surface area contributed by atoms with Crippen molar-refractivity contribution in [3.05, 3.63) is 77.4 Å². The molecule has 1 amide bonds. The Balaban J connectivity index is 1.48. The lowest BCUT2D eigenvalue weighted by atomic mass is 10.0. The van der Waals surface area contributed by atoms with E-state index in [9.17, 15) is 4.79 Å². The highest BCUT2D eigenvalue weighted by Crippen LogP contribution is 2.28. The van der Waals surface area contributed by atoms with Crippen molar-refractivity contribution in [2.45, 2.75) is 51.7 Å². The van der Waals surface area contributed by atoms with Crippen LogP contribution in [0.2, 0.25) is 0 Å². The molecular formula is C25H27NO2. The molecule has 0 bridgehead atoms. The van der Waals surface area contributed by atoms with E-state index < -0.39 is 6.10 Å². The molecule has 3 aromatic carbocycles. The van der Waals surface area contributed by atoms with Crippen molar-refractivity contribution in [2.75, 3.05) is 0 Å². The molecule has 0 heterocycles. The van der Waals surface area contributed by atoms with Crippen molar-refractivity contribution in [2.24, 2.45) is 0 Å². The summed E-state index contributed by atoms with van der Waals surface area (Å²) in [5.74, 6) is 0.689. The standard InChI is InChI=1S/C25H27NO2/c1-3-23(28-24-13-7-10-19-8-4-5-12-22(19)24)25(27)26-17(2)20-15-14-18-9-6-11-21(18)16-20/h4-5,7-8,10,12-17,23H,3,6,9,11H2,1-2H3,(H,26,27). The molecule has 28 heavy (non-hydrogen) atoms. The molecule has 144 valence electrons. The minimum absolute atomic E-state index is 0.0384. The van der Waals surface area contributed by atoms with Gasteiger partial charge in [0.05, 0.1) is 6.04 Å². The quantitative estimate of drug-likeness (QED) is 0.631. The lowest BCUT2D eigenvalue weighted by molar-refractivity contribution is -0.128. The van der Waals surface area contributed by atoms with E-state index in [0.717, 1.165) is 28.5 Å². The van der Waals surface area contributed by atoms with Crippen LogP contribution in [-0.4, -0.2) is 12.0 Å². The van der Waals surface area contributed by atoms with E-state index in [4.69, 9.17) is 4.74 Å². The van der Waals surface area contributed by atoms with Gasteiger partial charge in [0.1, 0.15) is 5.75 Å². The third-order valence-electron chi connectivity index (χ3n) is 5.66. The Kier molecular flexibility index (Phi) is 5.34. The fraction of sp³-hybridized carbons (Fsp3) is 0.320. The Morgan fingerprint density at radius 2 is 1.82 bits per heavy atom. The molecule has 0 fully saturated rings. The van der Waals surface area contributed by atoms with Gasteiger partial charge in [0.2, 0.25) is 0 Å². The first-order valence-corrected chi connectivity index (χ1v) is 10.2. The summed E-state index contributed by atoms with van der Waals surface area (Å²) in [6.45, 7) is 4.02. The molecule has 1 N–H and O–H groups in total. The van der Waals surface area contributed by atoms with Gasteiger partial charge in [0, 0.05) is 5.39 Å². The zero-order chi connectivity index (χ0) is 19.5. The van der Waals surface area contributed by atoms with Gasteiger partial charge < -0.3 is 10.1 Å². The fourth-order valence-electron chi connectivity index (χ4n) is 4.02. The highest BCUT2D eigenvalue weighted by Gasteiger charge is 2.22. The molecule has 3 aromatic rings. The van der Waals surface area contributed by atoms with E-state index >= 15 is 0 Å². The molecule has 3 heteroatoms. The number of carbonyl (C=O) groups is 1. The number of nitrogens with one attached hydrogen (secondary N) is 1. The summed E-state index contributed by atoms with van der Waals surface area (Å²) < 4.78 is 6.14. The zero-order valence-electron chi connectivity index (χ0n) is 16.6. The monoisotopic (exact) mass is 373 g/mol. The summed E-state index contributed by atoms with van der Waals surface area (Å²) >= 11 is 0. The molecule has 0 aromatic heterocycles. The topological polar surface area (TPSA) is 38.3 Å². The van der Waals surface area contributed by atoms with Crippen molar-refractivity contribution in [3.63, 3.8) is 0 Å². The normalized spacial score (nSPS) is 15.1. The highest BCUT2D eigenvalue weighted by molar-refractivity contribution is 5.89. The molecule has 2 unspecified atom stereocenters. The van der Waals surface area contributed by atoms with Crippen LogP contribution in [0, 0.1) is 0 Å². The molecule has 0 saturated carbocycles. The van der Waals surface area contributed by atoms with E-state index in [1.807, 2.05) is 44.2 Å². The Morgan fingerprint density at radius 3 is 2.68 bits per heavy atom. The Morgan fingerprint density at radius 1 is 1.04 bits per heavy atom. The minimum Gasteiger partial charge on any atom is -0.480 e. The third kappa shape index (κ3) is 3.75. The van der Waals surface area contributed by atoms with Crippen LogP contribution in [0.25, 0.3) is 10.8 Å². The number of aryl methyl sites for hydroxylation is 2. The van der Waals surface area contributed by atoms with Gasteiger partial charge in [-0.3, -0.25) is 4.79 Å². The van der Waals surface area contributed by atoms with Gasteiger partial charge in [-0.25, -0.2) is 0 Å². The molecular weight excluding hydrogens is 346 g/mol. The molecule has 1 aliphatic rings. The van der Waals surface area contributed by atoms with Crippen molar-refractivity contribution < 1.29 is 9.53 Å². The molecule has 0 saturated heterocycles. The van der Waals surface area contributed by atoms with Crippen LogP contribution in [0.5, 0.6) is 5.75 Å². The van der Waals surface area contributed by atoms with Crippen LogP contribution in [0.3, 0.4) is 0 Å². The second-order valence-electron chi connectivity index (χ2n) is 7.60. The van der Waals surface area contributed by atoms with Crippen LogP contribution in [0.15, 0.2) is 60.7 Å². The molecule has 2 atom stereocenters. The van der Waals surface area contributed by atoms with E-state index in [-0.39, 0.29) is 11.9 Å². The summed E-state index contributed by atoms with van der Waals surface area (Å²) in [5, 5.41) is 5.29. The maximum Gasteiger partial charge on any atom is 0.261 e. The Labute approximate surface area is 166 Å². The Bertz CT molecular complexity index is 990. The predicted molar refractivity (Wildman–Crippen MR) is 114 cm³/mol. The first-order valence-electron chi connectivity index (χ1n) is 10.2. The minimum atomic E-state index is -0.511. The van der Waals surface area contributed by atoms with Crippen molar-refractivity contribution in [1.82, 2.24) is 5.32 Å².